The molecule has 0 saturated heterocycles. The van der Waals surface area contributed by atoms with Gasteiger partial charge in [-0.2, -0.15) is 10.1 Å². The normalized spacial score (nSPS) is 20.5. The lowest BCUT2D eigenvalue weighted by Crippen LogP contribution is -2.36. The van der Waals surface area contributed by atoms with Crippen LogP contribution in [0.2, 0.25) is 0 Å². The van der Waals surface area contributed by atoms with Crippen LogP contribution in [0.1, 0.15) is 92.2 Å². The van der Waals surface area contributed by atoms with Gasteiger partial charge in [0.15, 0.2) is 0 Å². The van der Waals surface area contributed by atoms with Gasteiger partial charge in [-0.15, -0.1) is 0 Å². The molecule has 38 heavy (non-hydrogen) atoms. The fourth-order valence-electron chi connectivity index (χ4n) is 4.38. The van der Waals surface area contributed by atoms with E-state index in [2.05, 4.69) is 41.4 Å². The Bertz CT molecular complexity index is 1180. The van der Waals surface area contributed by atoms with Crippen molar-refractivity contribution in [3.05, 3.63) is 24.0 Å². The molecular weight excluding hydrogens is 486 g/mol. The van der Waals surface area contributed by atoms with Crippen molar-refractivity contribution in [1.82, 2.24) is 25.1 Å². The smallest absolute Gasteiger partial charge is 0.416 e. The van der Waals surface area contributed by atoms with Crippen molar-refractivity contribution >= 4 is 29.8 Å². The number of anilines is 3. The zero-order valence-corrected chi connectivity index (χ0v) is 23.8. The van der Waals surface area contributed by atoms with E-state index in [1.165, 1.54) is 4.90 Å². The highest BCUT2D eigenvalue weighted by Crippen LogP contribution is 2.39. The molecule has 208 valence electrons. The molecule has 2 aliphatic carbocycles. The van der Waals surface area contributed by atoms with E-state index >= 15 is 0 Å². The molecule has 2 aliphatic rings. The van der Waals surface area contributed by atoms with Crippen molar-refractivity contribution in [2.75, 3.05) is 17.3 Å². The quantitative estimate of drug-likeness (QED) is 0.508. The summed E-state index contributed by atoms with van der Waals surface area (Å²) in [7, 11) is 1.58. The maximum atomic E-state index is 12.5. The second-order valence-corrected chi connectivity index (χ2v) is 12.7. The first-order chi connectivity index (χ1) is 17.6. The molecule has 0 spiro atoms. The van der Waals surface area contributed by atoms with Gasteiger partial charge in [0, 0.05) is 30.8 Å². The molecule has 0 unspecified atom stereocenters. The average molecular weight is 528 g/mol. The van der Waals surface area contributed by atoms with Gasteiger partial charge in [0.2, 0.25) is 5.95 Å². The number of hydrogen-bond donors (Lipinski definition) is 2. The lowest BCUT2D eigenvalue weighted by atomic mass is 10.0. The second-order valence-electron chi connectivity index (χ2n) is 12.7. The molecule has 4 rings (SSSR count). The Hall–Kier alpha value is -3.37. The number of nitrogens with zero attached hydrogens (tertiary/aromatic N) is 5. The molecule has 2 N–H and O–H groups in total. The van der Waals surface area contributed by atoms with E-state index in [0.29, 0.717) is 5.82 Å². The molecule has 0 aromatic carbocycles. The van der Waals surface area contributed by atoms with E-state index in [9.17, 15) is 9.59 Å². The zero-order chi connectivity index (χ0) is 27.9. The molecule has 2 aromatic heterocycles. The van der Waals surface area contributed by atoms with Crippen molar-refractivity contribution < 1.29 is 19.1 Å². The molecule has 2 heterocycles. The van der Waals surface area contributed by atoms with Gasteiger partial charge in [-0.25, -0.2) is 24.2 Å². The van der Waals surface area contributed by atoms with Crippen LogP contribution >= 0.6 is 0 Å². The first kappa shape index (κ1) is 27.7. The summed E-state index contributed by atoms with van der Waals surface area (Å²) in [6.45, 7) is 13.7. The predicted octanol–water partition coefficient (Wildman–Crippen LogP) is 5.46. The van der Waals surface area contributed by atoms with Crippen molar-refractivity contribution in [2.45, 2.75) is 109 Å². The first-order valence-electron chi connectivity index (χ1n) is 13.3. The van der Waals surface area contributed by atoms with Gasteiger partial charge in [-0.1, -0.05) is 0 Å². The maximum Gasteiger partial charge on any atom is 0.416 e. The van der Waals surface area contributed by atoms with E-state index in [1.807, 2.05) is 38.4 Å². The Morgan fingerprint density at radius 3 is 2.50 bits per heavy atom. The van der Waals surface area contributed by atoms with Crippen LogP contribution in [0, 0.1) is 0 Å². The molecule has 2 fully saturated rings. The fraction of sp³-hybridized carbons (Fsp3) is 0.667. The van der Waals surface area contributed by atoms with Gasteiger partial charge in [-0.05, 0) is 86.6 Å². The third kappa shape index (κ3) is 6.93. The number of nitrogens with one attached hydrogen (secondary N) is 2. The summed E-state index contributed by atoms with van der Waals surface area (Å²) in [5.41, 5.74) is -0.0646. The van der Waals surface area contributed by atoms with Crippen LogP contribution in [0.15, 0.2) is 18.3 Å². The number of alkyl carbamates (subject to hydrolysis) is 1. The zero-order valence-electron chi connectivity index (χ0n) is 23.8. The van der Waals surface area contributed by atoms with Crippen LogP contribution in [0.5, 0.6) is 0 Å². The van der Waals surface area contributed by atoms with Crippen LogP contribution in [-0.2, 0) is 15.0 Å². The van der Waals surface area contributed by atoms with Crippen LogP contribution in [0.25, 0.3) is 0 Å². The lowest BCUT2D eigenvalue weighted by Gasteiger charge is -2.24. The standard InChI is InChI=1S/C27H41N7O4/c1-25(2,3)34-21(29-20-11-14-28-22(30-20)33(8)24(36)38-26(4,5)6)16-19(32-34)17-9-10-18(15-17)37-23(35)31-27(7)12-13-27/h11,14,16-18H,9-10,12-13,15H2,1-8H3,(H,31,35)(H,28,29,30)/t17-,18+/m0/s1. The van der Waals surface area contributed by atoms with Crippen molar-refractivity contribution in [1.29, 1.82) is 0 Å². The minimum atomic E-state index is -0.625. The number of hydrogen-bond acceptors (Lipinski definition) is 8. The Morgan fingerprint density at radius 1 is 1.16 bits per heavy atom. The molecule has 2 saturated carbocycles. The van der Waals surface area contributed by atoms with E-state index in [0.717, 1.165) is 43.6 Å². The SMILES string of the molecule is CN(C(=O)OC(C)(C)C)c1nccc(Nc2cc([C@H]3CC[C@@H](OC(=O)NC4(C)CC4)C3)nn2C(C)(C)C)n1. The molecule has 11 nitrogen and oxygen atoms in total. The predicted molar refractivity (Wildman–Crippen MR) is 145 cm³/mol. The maximum absolute atomic E-state index is 12.5. The van der Waals surface area contributed by atoms with E-state index in [-0.39, 0.29) is 35.1 Å². The van der Waals surface area contributed by atoms with E-state index in [1.54, 1.807) is 19.3 Å². The van der Waals surface area contributed by atoms with Gasteiger partial charge in [0.05, 0.1) is 11.2 Å². The number of carbonyl (C=O) groups excluding carboxylic acids is 2. The number of aromatic nitrogens is 4. The summed E-state index contributed by atoms with van der Waals surface area (Å²) in [6.07, 6.45) is 5.07. The van der Waals surface area contributed by atoms with Gasteiger partial charge in [-0.3, -0.25) is 0 Å². The average Bonchev–Trinajstić information content (AvgIpc) is 3.17. The summed E-state index contributed by atoms with van der Waals surface area (Å²) in [4.78, 5) is 34.8. The van der Waals surface area contributed by atoms with Crippen molar-refractivity contribution in [2.24, 2.45) is 0 Å². The summed E-state index contributed by atoms with van der Waals surface area (Å²) in [6, 6.07) is 3.77. The highest BCUT2D eigenvalue weighted by molar-refractivity contribution is 5.85. The molecule has 11 heteroatoms. The third-order valence-corrected chi connectivity index (χ3v) is 6.71. The molecule has 0 bridgehead atoms. The van der Waals surface area contributed by atoms with E-state index in [4.69, 9.17) is 14.6 Å². The Labute approximate surface area is 224 Å². The van der Waals surface area contributed by atoms with Crippen LogP contribution in [-0.4, -0.2) is 56.2 Å². The molecule has 0 aliphatic heterocycles. The van der Waals surface area contributed by atoms with Gasteiger partial charge < -0.3 is 20.1 Å². The number of amides is 2. The van der Waals surface area contributed by atoms with Gasteiger partial charge >= 0.3 is 12.2 Å². The topological polar surface area (TPSA) is 124 Å². The molecular formula is C27H41N7O4. The Balaban J connectivity index is 1.47. The summed E-state index contributed by atoms with van der Waals surface area (Å²) in [5.74, 6) is 1.72. The van der Waals surface area contributed by atoms with E-state index < -0.39 is 11.7 Å². The monoisotopic (exact) mass is 527 g/mol. The van der Waals surface area contributed by atoms with Crippen LogP contribution in [0.3, 0.4) is 0 Å². The molecule has 2 aromatic rings. The minimum absolute atomic E-state index is 0.0935. The fourth-order valence-corrected chi connectivity index (χ4v) is 4.38. The largest absolute Gasteiger partial charge is 0.446 e. The third-order valence-electron chi connectivity index (χ3n) is 6.71. The van der Waals surface area contributed by atoms with Crippen LogP contribution in [0.4, 0.5) is 27.2 Å². The Morgan fingerprint density at radius 2 is 1.87 bits per heavy atom. The summed E-state index contributed by atoms with van der Waals surface area (Å²) in [5, 5.41) is 11.3. The molecule has 2 amide bonds. The van der Waals surface area contributed by atoms with Crippen molar-refractivity contribution in [3.63, 3.8) is 0 Å². The van der Waals surface area contributed by atoms with Gasteiger partial charge in [0.25, 0.3) is 0 Å². The highest BCUT2D eigenvalue weighted by atomic mass is 16.6. The molecule has 2 atom stereocenters. The number of ether oxygens (including phenoxy) is 2. The highest BCUT2D eigenvalue weighted by Gasteiger charge is 2.40. The van der Waals surface area contributed by atoms with Crippen molar-refractivity contribution in [3.8, 4) is 0 Å². The first-order valence-corrected chi connectivity index (χ1v) is 13.3. The number of carbonyl (C=O) groups is 2. The number of rotatable bonds is 6. The second kappa shape index (κ2) is 10.1. The lowest BCUT2D eigenvalue weighted by molar-refractivity contribution is 0.0587. The Kier molecular flexibility index (Phi) is 7.33. The van der Waals surface area contributed by atoms with Gasteiger partial charge in [0.1, 0.15) is 23.3 Å². The summed E-state index contributed by atoms with van der Waals surface area (Å²) >= 11 is 0. The minimum Gasteiger partial charge on any atom is -0.446 e. The summed E-state index contributed by atoms with van der Waals surface area (Å²) < 4.78 is 13.1. The van der Waals surface area contributed by atoms with Crippen LogP contribution < -0.4 is 15.5 Å². The molecule has 0 radical (unpaired) electrons.